The van der Waals surface area contributed by atoms with Gasteiger partial charge in [-0.05, 0) is 50.1 Å². The third-order valence-corrected chi connectivity index (χ3v) is 6.07. The summed E-state index contributed by atoms with van der Waals surface area (Å²) in [7, 11) is 0. The van der Waals surface area contributed by atoms with Gasteiger partial charge >= 0.3 is 0 Å². The van der Waals surface area contributed by atoms with E-state index < -0.39 is 6.17 Å². The molecule has 0 aliphatic carbocycles. The number of rotatable bonds is 4. The number of carbonyl (C=O) groups excluding carboxylic acids is 1. The fraction of sp³-hybridized carbons (Fsp3) is 0.273. The summed E-state index contributed by atoms with van der Waals surface area (Å²) < 4.78 is 15.1. The highest BCUT2D eigenvalue weighted by molar-refractivity contribution is 6.35. The molecule has 0 saturated carbocycles. The molecule has 1 aliphatic heterocycles. The number of nitrogens with one attached hydrogen (secondary N) is 1. The van der Waals surface area contributed by atoms with Crippen molar-refractivity contribution in [3.63, 3.8) is 0 Å². The number of amides is 1. The zero-order valence-corrected chi connectivity index (χ0v) is 19.0. The maximum atomic E-state index is 13.4. The van der Waals surface area contributed by atoms with E-state index in [0.717, 1.165) is 5.56 Å². The lowest BCUT2D eigenvalue weighted by Gasteiger charge is -2.28. The average molecular weight is 482 g/mol. The van der Waals surface area contributed by atoms with E-state index in [1.807, 2.05) is 19.1 Å². The molecule has 31 heavy (non-hydrogen) atoms. The topological polar surface area (TPSA) is 50.2 Å². The van der Waals surface area contributed by atoms with Crippen LogP contribution in [0, 0.1) is 6.92 Å². The molecule has 0 spiro atoms. The van der Waals surface area contributed by atoms with Gasteiger partial charge in [0.2, 0.25) is 0 Å². The van der Waals surface area contributed by atoms with Crippen LogP contribution in [0.1, 0.15) is 28.9 Å². The Morgan fingerprint density at radius 2 is 1.71 bits per heavy atom. The van der Waals surface area contributed by atoms with Crippen LogP contribution in [0.3, 0.4) is 0 Å². The summed E-state index contributed by atoms with van der Waals surface area (Å²) in [5.74, 6) is -0.353. The lowest BCUT2D eigenvalue weighted by atomic mass is 10.1. The molecule has 0 bridgehead atoms. The molecule has 1 aromatic heterocycles. The van der Waals surface area contributed by atoms with E-state index in [4.69, 9.17) is 34.8 Å². The van der Waals surface area contributed by atoms with E-state index in [9.17, 15) is 9.18 Å². The number of hydrogen-bond donors (Lipinski definition) is 1. The van der Waals surface area contributed by atoms with Crippen LogP contribution < -0.4 is 5.43 Å². The van der Waals surface area contributed by atoms with Gasteiger partial charge in [0.05, 0.1) is 16.4 Å². The van der Waals surface area contributed by atoms with Gasteiger partial charge in [-0.3, -0.25) is 10.2 Å². The molecular formula is C22H20Cl3FN4O. The van der Waals surface area contributed by atoms with Gasteiger partial charge in [0.1, 0.15) is 6.17 Å². The third-order valence-electron chi connectivity index (χ3n) is 5.28. The maximum Gasteiger partial charge on any atom is 0.286 e. The van der Waals surface area contributed by atoms with Crippen molar-refractivity contribution in [1.82, 2.24) is 20.2 Å². The van der Waals surface area contributed by atoms with Gasteiger partial charge in [-0.2, -0.15) is 5.10 Å². The number of benzene rings is 2. The van der Waals surface area contributed by atoms with Crippen molar-refractivity contribution in [3.05, 3.63) is 68.8 Å². The molecule has 4 rings (SSSR count). The number of piperidine rings is 1. The quantitative estimate of drug-likeness (QED) is 0.506. The average Bonchev–Trinajstić information content (AvgIpc) is 3.07. The molecule has 2 heterocycles. The van der Waals surface area contributed by atoms with Crippen molar-refractivity contribution < 1.29 is 9.18 Å². The van der Waals surface area contributed by atoms with Gasteiger partial charge in [0.15, 0.2) is 5.69 Å². The number of halogens is 4. The molecule has 1 N–H and O–H groups in total. The molecule has 0 radical (unpaired) electrons. The number of carbonyl (C=O) groups is 1. The van der Waals surface area contributed by atoms with E-state index in [1.165, 1.54) is 0 Å². The predicted molar refractivity (Wildman–Crippen MR) is 122 cm³/mol. The van der Waals surface area contributed by atoms with Crippen molar-refractivity contribution in [2.45, 2.75) is 25.9 Å². The Morgan fingerprint density at radius 1 is 1.06 bits per heavy atom. The van der Waals surface area contributed by atoms with Gasteiger partial charge in [0, 0.05) is 34.3 Å². The van der Waals surface area contributed by atoms with Crippen LogP contribution in [-0.4, -0.2) is 40.0 Å². The maximum absolute atomic E-state index is 13.4. The first-order valence-corrected chi connectivity index (χ1v) is 11.0. The smallest absolute Gasteiger partial charge is 0.283 e. The number of hydrazine groups is 1. The highest BCUT2D eigenvalue weighted by Gasteiger charge is 2.26. The molecule has 2 aromatic carbocycles. The van der Waals surface area contributed by atoms with Crippen LogP contribution in [0.2, 0.25) is 15.1 Å². The Hall–Kier alpha value is -2.12. The van der Waals surface area contributed by atoms with Crippen molar-refractivity contribution in [2.24, 2.45) is 0 Å². The Kier molecular flexibility index (Phi) is 6.53. The number of aromatic nitrogens is 2. The van der Waals surface area contributed by atoms with Crippen molar-refractivity contribution in [2.75, 3.05) is 13.1 Å². The monoisotopic (exact) mass is 480 g/mol. The molecule has 9 heteroatoms. The largest absolute Gasteiger partial charge is 0.286 e. The number of nitrogens with zero attached hydrogens (tertiary/aromatic N) is 3. The van der Waals surface area contributed by atoms with Crippen LogP contribution in [0.4, 0.5) is 4.39 Å². The highest BCUT2D eigenvalue weighted by atomic mass is 35.5. The van der Waals surface area contributed by atoms with Crippen molar-refractivity contribution >= 4 is 40.7 Å². The van der Waals surface area contributed by atoms with Gasteiger partial charge in [-0.1, -0.05) is 46.9 Å². The SMILES string of the molecule is Cc1c(C(=O)NN2CCC(F)CC2)nn(-c2ccc(Cl)cc2Cl)c1-c1ccc(Cl)cc1. The van der Waals surface area contributed by atoms with E-state index in [2.05, 4.69) is 10.5 Å². The summed E-state index contributed by atoms with van der Waals surface area (Å²) in [5, 5.41) is 7.83. The van der Waals surface area contributed by atoms with Gasteiger partial charge in [-0.15, -0.1) is 0 Å². The second-order valence-electron chi connectivity index (χ2n) is 7.44. The zero-order chi connectivity index (χ0) is 22.1. The Morgan fingerprint density at radius 3 is 2.35 bits per heavy atom. The van der Waals surface area contributed by atoms with Crippen LogP contribution >= 0.6 is 34.8 Å². The molecule has 0 unspecified atom stereocenters. The minimum absolute atomic E-state index is 0.262. The minimum atomic E-state index is -0.822. The Bertz CT molecular complexity index is 1110. The first kappa shape index (κ1) is 22.1. The molecule has 3 aromatic rings. The summed E-state index contributed by atoms with van der Waals surface area (Å²) >= 11 is 18.6. The van der Waals surface area contributed by atoms with Crippen LogP contribution in [0.5, 0.6) is 0 Å². The van der Waals surface area contributed by atoms with Crippen LogP contribution in [-0.2, 0) is 0 Å². The molecule has 1 fully saturated rings. The summed E-state index contributed by atoms with van der Waals surface area (Å²) in [6.45, 7) is 2.75. The molecule has 162 valence electrons. The van der Waals surface area contributed by atoms with Crippen molar-refractivity contribution in [1.29, 1.82) is 0 Å². The highest BCUT2D eigenvalue weighted by Crippen LogP contribution is 2.33. The minimum Gasteiger partial charge on any atom is -0.283 e. The lowest BCUT2D eigenvalue weighted by molar-refractivity contribution is 0.0657. The predicted octanol–water partition coefficient (Wildman–Crippen LogP) is 5.89. The lowest BCUT2D eigenvalue weighted by Crippen LogP contribution is -2.47. The number of hydrogen-bond acceptors (Lipinski definition) is 3. The van der Waals surface area contributed by atoms with E-state index in [0.29, 0.717) is 57.9 Å². The van der Waals surface area contributed by atoms with Crippen molar-refractivity contribution in [3.8, 4) is 16.9 Å². The Labute approximate surface area is 194 Å². The van der Waals surface area contributed by atoms with E-state index >= 15 is 0 Å². The second-order valence-corrected chi connectivity index (χ2v) is 8.72. The summed E-state index contributed by atoms with van der Waals surface area (Å²) in [6, 6.07) is 12.4. The molecular weight excluding hydrogens is 462 g/mol. The summed E-state index contributed by atoms with van der Waals surface area (Å²) in [6.07, 6.45) is -0.0357. The van der Waals surface area contributed by atoms with Gasteiger partial charge < -0.3 is 0 Å². The van der Waals surface area contributed by atoms with Crippen LogP contribution in [0.25, 0.3) is 16.9 Å². The molecule has 1 saturated heterocycles. The summed E-state index contributed by atoms with van der Waals surface area (Å²) in [5.41, 5.74) is 5.94. The normalized spacial score (nSPS) is 15.3. The fourth-order valence-corrected chi connectivity index (χ4v) is 4.26. The van der Waals surface area contributed by atoms with Gasteiger partial charge in [0.25, 0.3) is 5.91 Å². The molecule has 1 amide bonds. The second kappa shape index (κ2) is 9.17. The summed E-state index contributed by atoms with van der Waals surface area (Å²) in [4.78, 5) is 13.0. The Balaban J connectivity index is 1.76. The molecule has 0 atom stereocenters. The standard InChI is InChI=1S/C22H20Cl3FN4O/c1-13-20(22(31)28-29-10-8-17(26)9-11-29)27-30(19-7-6-16(24)12-18(19)25)21(13)14-2-4-15(23)5-3-14/h2-7,12,17H,8-11H2,1H3,(H,28,31). The number of alkyl halides is 1. The van der Waals surface area contributed by atoms with E-state index in [1.54, 1.807) is 40.0 Å². The first-order chi connectivity index (χ1) is 14.8. The van der Waals surface area contributed by atoms with Crippen LogP contribution in [0.15, 0.2) is 42.5 Å². The zero-order valence-electron chi connectivity index (χ0n) is 16.7. The third kappa shape index (κ3) is 4.72. The van der Waals surface area contributed by atoms with Gasteiger partial charge in [-0.25, -0.2) is 14.1 Å². The molecule has 1 aliphatic rings. The first-order valence-electron chi connectivity index (χ1n) is 9.84. The molecule has 5 nitrogen and oxygen atoms in total. The van der Waals surface area contributed by atoms with E-state index in [-0.39, 0.29) is 11.6 Å². The fourth-order valence-electron chi connectivity index (χ4n) is 3.64.